The Hall–Kier alpha value is -1.65. The van der Waals surface area contributed by atoms with Gasteiger partial charge in [-0.25, -0.2) is 0 Å². The molecule has 9 atom stereocenters. The second-order valence-electron chi connectivity index (χ2n) is 10.2. The van der Waals surface area contributed by atoms with Gasteiger partial charge in [-0.05, 0) is 55.3 Å². The van der Waals surface area contributed by atoms with Crippen LogP contribution in [0.4, 0.5) is 0 Å². The van der Waals surface area contributed by atoms with Crippen LogP contribution in [0.15, 0.2) is 12.2 Å². The van der Waals surface area contributed by atoms with Gasteiger partial charge in [-0.15, -0.1) is 0 Å². The number of allylic oxidation sites excluding steroid dienone is 1. The number of carbonyl (C=O) groups excluding carboxylic acids is 3. The molecule has 0 aromatic heterocycles. The second-order valence-corrected chi connectivity index (χ2v) is 10.2. The Morgan fingerprint density at radius 3 is 2.68 bits per heavy atom. The monoisotopic (exact) mass is 386 g/mol. The summed E-state index contributed by atoms with van der Waals surface area (Å²) in [6.07, 6.45) is 8.02. The van der Waals surface area contributed by atoms with Crippen LogP contribution in [-0.2, 0) is 23.9 Å². The molecule has 2 saturated heterocycles. The van der Waals surface area contributed by atoms with Crippen molar-refractivity contribution in [3.63, 3.8) is 0 Å². The number of ketones is 1. The summed E-state index contributed by atoms with van der Waals surface area (Å²) >= 11 is 0. The van der Waals surface area contributed by atoms with Crippen LogP contribution >= 0.6 is 0 Å². The van der Waals surface area contributed by atoms with Crippen LogP contribution in [0, 0.1) is 46.8 Å². The Kier molecular flexibility index (Phi) is 4.05. The topological polar surface area (TPSA) is 69.7 Å². The molecular weight excluding hydrogens is 356 g/mol. The van der Waals surface area contributed by atoms with Crippen molar-refractivity contribution in [3.8, 4) is 0 Å². The van der Waals surface area contributed by atoms with Crippen LogP contribution in [-0.4, -0.2) is 29.9 Å². The van der Waals surface area contributed by atoms with Crippen LogP contribution < -0.4 is 0 Å². The third-order valence-corrected chi connectivity index (χ3v) is 8.39. The molecule has 0 amide bonds. The van der Waals surface area contributed by atoms with E-state index in [1.54, 1.807) is 0 Å². The van der Waals surface area contributed by atoms with Gasteiger partial charge >= 0.3 is 11.9 Å². The molecule has 6 aliphatic rings. The molecule has 4 aliphatic carbocycles. The summed E-state index contributed by atoms with van der Waals surface area (Å²) in [5, 5.41) is 0. The van der Waals surface area contributed by atoms with Gasteiger partial charge in [-0.3, -0.25) is 14.4 Å². The fourth-order valence-electron chi connectivity index (χ4n) is 7.02. The van der Waals surface area contributed by atoms with E-state index in [0.29, 0.717) is 36.5 Å². The van der Waals surface area contributed by atoms with Gasteiger partial charge in [0.1, 0.15) is 17.6 Å². The smallest absolute Gasteiger partial charge is 0.320 e. The third kappa shape index (κ3) is 2.40. The quantitative estimate of drug-likeness (QED) is 0.414. The normalized spacial score (nSPS) is 48.7. The fraction of sp³-hybridized carbons (Fsp3) is 0.783. The Balaban J connectivity index is 1.44. The van der Waals surface area contributed by atoms with Crippen molar-refractivity contribution in [1.29, 1.82) is 0 Å². The molecule has 1 unspecified atom stereocenters. The molecule has 2 heterocycles. The molecule has 152 valence electrons. The lowest BCUT2D eigenvalue weighted by atomic mass is 9.49. The fourth-order valence-corrected chi connectivity index (χ4v) is 7.02. The van der Waals surface area contributed by atoms with E-state index in [0.717, 1.165) is 19.3 Å². The number of ether oxygens (including phenoxy) is 2. The molecule has 1 spiro atoms. The Morgan fingerprint density at radius 2 is 1.96 bits per heavy atom. The van der Waals surface area contributed by atoms with E-state index in [4.69, 9.17) is 9.47 Å². The van der Waals surface area contributed by atoms with Crippen molar-refractivity contribution in [1.82, 2.24) is 0 Å². The maximum absolute atomic E-state index is 12.9. The van der Waals surface area contributed by atoms with Crippen LogP contribution in [0.25, 0.3) is 0 Å². The minimum absolute atomic E-state index is 0.0999. The van der Waals surface area contributed by atoms with Gasteiger partial charge in [0.05, 0.1) is 5.92 Å². The van der Waals surface area contributed by atoms with Crippen molar-refractivity contribution in [2.24, 2.45) is 46.8 Å². The summed E-state index contributed by atoms with van der Waals surface area (Å²) < 4.78 is 11.5. The van der Waals surface area contributed by atoms with Crippen molar-refractivity contribution in [2.45, 2.75) is 65.1 Å². The van der Waals surface area contributed by atoms with Gasteiger partial charge in [0.2, 0.25) is 0 Å². The summed E-state index contributed by atoms with van der Waals surface area (Å²) in [6.45, 7) is 5.89. The van der Waals surface area contributed by atoms with Crippen molar-refractivity contribution >= 4 is 17.7 Å². The highest BCUT2D eigenvalue weighted by atomic mass is 16.6. The lowest BCUT2D eigenvalue weighted by molar-refractivity contribution is -0.202. The highest BCUT2D eigenvalue weighted by molar-refractivity contribution is 6.07. The molecular formula is C23H30O5. The second kappa shape index (κ2) is 6.17. The molecule has 0 radical (unpaired) electrons. The van der Waals surface area contributed by atoms with E-state index in [2.05, 4.69) is 19.1 Å². The number of rotatable bonds is 2. The van der Waals surface area contributed by atoms with Gasteiger partial charge < -0.3 is 9.47 Å². The van der Waals surface area contributed by atoms with Crippen molar-refractivity contribution < 1.29 is 23.9 Å². The van der Waals surface area contributed by atoms with Gasteiger partial charge in [0.15, 0.2) is 5.78 Å². The summed E-state index contributed by atoms with van der Waals surface area (Å²) in [5.41, 5.74) is -0.901. The minimum atomic E-state index is -0.901. The lowest BCUT2D eigenvalue weighted by Gasteiger charge is -2.56. The number of carbonyl (C=O) groups is 3. The first-order valence-corrected chi connectivity index (χ1v) is 10.9. The minimum Gasteiger partial charge on any atom is -0.461 e. The molecule has 2 aliphatic heterocycles. The Labute approximate surface area is 166 Å². The molecule has 28 heavy (non-hydrogen) atoms. The number of fused-ring (bicyclic) bond motifs is 5. The van der Waals surface area contributed by atoms with Crippen molar-refractivity contribution in [2.75, 3.05) is 0 Å². The predicted molar refractivity (Wildman–Crippen MR) is 101 cm³/mol. The molecule has 5 heteroatoms. The lowest BCUT2D eigenvalue weighted by Crippen LogP contribution is -2.62. The zero-order valence-corrected chi connectivity index (χ0v) is 16.9. The standard InChI is InChI=1S/C23H30O5/c1-11(2)21(25)28-20-12(3)6-17-16(20)5-4-13-7-14-8-15-9-19(24)23(14,10-18(13)17)22(26)27-15/h4-5,11-18,20H,6-10H2,1-3H3/t12-,13+,14?,15+,16-,17-,18-,20-,23-/m1/s1. The van der Waals surface area contributed by atoms with E-state index >= 15 is 0 Å². The van der Waals surface area contributed by atoms with Crippen LogP contribution in [0.5, 0.6) is 0 Å². The maximum Gasteiger partial charge on any atom is 0.320 e. The van der Waals surface area contributed by atoms with Crippen LogP contribution in [0.1, 0.15) is 52.9 Å². The molecule has 2 bridgehead atoms. The van der Waals surface area contributed by atoms with Gasteiger partial charge in [0.25, 0.3) is 0 Å². The van der Waals surface area contributed by atoms with Crippen LogP contribution in [0.2, 0.25) is 0 Å². The summed E-state index contributed by atoms with van der Waals surface area (Å²) in [7, 11) is 0. The van der Waals surface area contributed by atoms with Gasteiger partial charge in [-0.1, -0.05) is 32.9 Å². The van der Waals surface area contributed by atoms with E-state index in [1.165, 1.54) is 0 Å². The zero-order valence-electron chi connectivity index (χ0n) is 16.9. The average molecular weight is 386 g/mol. The molecule has 3 saturated carbocycles. The van der Waals surface area contributed by atoms with E-state index in [-0.39, 0.29) is 47.7 Å². The number of hydrogen-bond donors (Lipinski definition) is 0. The molecule has 5 nitrogen and oxygen atoms in total. The molecule has 0 aromatic rings. The zero-order chi connectivity index (χ0) is 19.8. The van der Waals surface area contributed by atoms with Gasteiger partial charge in [0, 0.05) is 12.3 Å². The first-order chi connectivity index (χ1) is 13.3. The maximum atomic E-state index is 12.9. The number of esters is 2. The largest absolute Gasteiger partial charge is 0.461 e. The van der Waals surface area contributed by atoms with Gasteiger partial charge in [-0.2, -0.15) is 0 Å². The van der Waals surface area contributed by atoms with E-state index < -0.39 is 5.41 Å². The summed E-state index contributed by atoms with van der Waals surface area (Å²) in [6, 6.07) is 0. The third-order valence-electron chi connectivity index (χ3n) is 8.39. The predicted octanol–water partition coefficient (Wildman–Crippen LogP) is 3.31. The molecule has 0 N–H and O–H groups in total. The molecule has 6 rings (SSSR count). The number of Topliss-reactive ketones (excluding diaryl/α,β-unsaturated/α-hetero) is 1. The summed E-state index contributed by atoms with van der Waals surface area (Å²) in [4.78, 5) is 38.0. The SMILES string of the molecule is CC(C)C(=O)O[C@H]1[C@@H]2C=C[C@H]3CC4C[C@H]5CC(=O)[C@]4(C[C@H]3[C@@H]2C[C@H]1C)C(=O)O5. The highest BCUT2D eigenvalue weighted by Gasteiger charge is 2.66. The molecule has 0 aromatic carbocycles. The average Bonchev–Trinajstić information content (AvgIpc) is 2.95. The van der Waals surface area contributed by atoms with E-state index in [1.807, 2.05) is 13.8 Å². The highest BCUT2D eigenvalue weighted by Crippen LogP contribution is 2.61. The van der Waals surface area contributed by atoms with E-state index in [9.17, 15) is 14.4 Å². The first kappa shape index (κ1) is 18.4. The molecule has 5 fully saturated rings. The number of hydrogen-bond acceptors (Lipinski definition) is 5. The Morgan fingerprint density at radius 1 is 1.18 bits per heavy atom. The summed E-state index contributed by atoms with van der Waals surface area (Å²) in [5.74, 6) is 1.28. The van der Waals surface area contributed by atoms with Crippen molar-refractivity contribution in [3.05, 3.63) is 12.2 Å². The first-order valence-electron chi connectivity index (χ1n) is 10.9. The van der Waals surface area contributed by atoms with Crippen LogP contribution in [0.3, 0.4) is 0 Å². The Bertz CT molecular complexity index is 734.